The van der Waals surface area contributed by atoms with Crippen LogP contribution in [-0.4, -0.2) is 8.42 Å². The van der Waals surface area contributed by atoms with Crippen LogP contribution >= 0.6 is 31.9 Å². The van der Waals surface area contributed by atoms with Gasteiger partial charge in [-0.1, -0.05) is 28.1 Å². The largest absolute Gasteiger partial charge is 0.379 e. The number of hydrogen-bond donors (Lipinski definition) is 0. The van der Waals surface area contributed by atoms with Crippen LogP contribution in [0.4, 0.5) is 0 Å². The molecule has 0 bridgehead atoms. The number of halogens is 2. The highest BCUT2D eigenvalue weighted by Crippen LogP contribution is 2.29. The lowest BCUT2D eigenvalue weighted by atomic mass is 10.1. The maximum Gasteiger partial charge on any atom is 0.340 e. The van der Waals surface area contributed by atoms with Crippen LogP contribution in [0.2, 0.25) is 0 Å². The highest BCUT2D eigenvalue weighted by atomic mass is 79.9. The summed E-state index contributed by atoms with van der Waals surface area (Å²) >= 11 is 6.49. The number of hydrogen-bond acceptors (Lipinski definition) is 3. The van der Waals surface area contributed by atoms with Crippen LogP contribution in [0.25, 0.3) is 0 Å². The molecule has 0 aliphatic heterocycles. The third-order valence-corrected chi connectivity index (χ3v) is 5.43. The molecule has 2 aromatic rings. The minimum Gasteiger partial charge on any atom is -0.379 e. The van der Waals surface area contributed by atoms with Crippen LogP contribution in [0.3, 0.4) is 0 Å². The van der Waals surface area contributed by atoms with E-state index in [1.54, 1.807) is 25.1 Å². The van der Waals surface area contributed by atoms with Gasteiger partial charge in [0.2, 0.25) is 0 Å². The molecule has 0 amide bonds. The van der Waals surface area contributed by atoms with E-state index in [0.717, 1.165) is 11.1 Å². The van der Waals surface area contributed by atoms with Crippen molar-refractivity contribution in [1.82, 2.24) is 0 Å². The third-order valence-electron chi connectivity index (χ3n) is 2.71. The van der Waals surface area contributed by atoms with E-state index in [4.69, 9.17) is 4.18 Å². The zero-order valence-electron chi connectivity index (χ0n) is 10.9. The van der Waals surface area contributed by atoms with E-state index in [0.29, 0.717) is 14.7 Å². The van der Waals surface area contributed by atoms with Crippen molar-refractivity contribution in [3.8, 4) is 5.75 Å². The fourth-order valence-corrected chi connectivity index (χ4v) is 4.07. The molecule has 0 saturated heterocycles. The number of aryl methyl sites for hydroxylation is 2. The van der Waals surface area contributed by atoms with Gasteiger partial charge in [-0.2, -0.15) is 8.42 Å². The lowest BCUT2D eigenvalue weighted by Crippen LogP contribution is -2.11. The molecule has 0 N–H and O–H groups in total. The molecule has 0 fully saturated rings. The van der Waals surface area contributed by atoms with Crippen molar-refractivity contribution in [3.05, 3.63) is 56.5 Å². The SMILES string of the molecule is Cc1ccc(C)c(OS(=O)(=O)c2cc(Br)ccc2Br)c1. The maximum absolute atomic E-state index is 12.4. The molecule has 0 unspecified atom stereocenters. The number of benzene rings is 2. The van der Waals surface area contributed by atoms with Crippen molar-refractivity contribution in [1.29, 1.82) is 0 Å². The van der Waals surface area contributed by atoms with Gasteiger partial charge in [0, 0.05) is 8.95 Å². The standard InChI is InChI=1S/C14H12Br2O3S/c1-9-3-4-10(2)13(7-9)19-20(17,18)14-8-11(15)5-6-12(14)16/h3-8H,1-2H3. The quantitative estimate of drug-likeness (QED) is 0.683. The van der Waals surface area contributed by atoms with E-state index < -0.39 is 10.1 Å². The van der Waals surface area contributed by atoms with Crippen LogP contribution < -0.4 is 4.18 Å². The first-order valence-electron chi connectivity index (χ1n) is 5.76. The summed E-state index contributed by atoms with van der Waals surface area (Å²) in [5, 5.41) is 0. The Hall–Kier alpha value is -0.850. The van der Waals surface area contributed by atoms with Crippen molar-refractivity contribution in [2.24, 2.45) is 0 Å². The summed E-state index contributed by atoms with van der Waals surface area (Å²) in [7, 11) is -3.88. The number of rotatable bonds is 3. The lowest BCUT2D eigenvalue weighted by molar-refractivity contribution is 0.483. The van der Waals surface area contributed by atoms with Gasteiger partial charge in [-0.05, 0) is 65.2 Å². The molecule has 2 aromatic carbocycles. The molecule has 0 radical (unpaired) electrons. The van der Waals surface area contributed by atoms with Crippen molar-refractivity contribution in [2.45, 2.75) is 18.7 Å². The summed E-state index contributed by atoms with van der Waals surface area (Å²) in [5.41, 5.74) is 1.71. The first kappa shape index (κ1) is 15.5. The second kappa shape index (κ2) is 5.87. The summed E-state index contributed by atoms with van der Waals surface area (Å²) < 4.78 is 31.1. The van der Waals surface area contributed by atoms with Crippen molar-refractivity contribution >= 4 is 42.0 Å². The van der Waals surface area contributed by atoms with Gasteiger partial charge in [-0.3, -0.25) is 0 Å². The fraction of sp³-hybridized carbons (Fsp3) is 0.143. The highest BCUT2D eigenvalue weighted by molar-refractivity contribution is 9.11. The molecule has 3 nitrogen and oxygen atoms in total. The molecule has 0 atom stereocenters. The predicted octanol–water partition coefficient (Wildman–Crippen LogP) is 4.60. The molecule has 20 heavy (non-hydrogen) atoms. The monoisotopic (exact) mass is 418 g/mol. The van der Waals surface area contributed by atoms with Crippen molar-refractivity contribution in [2.75, 3.05) is 0 Å². The van der Waals surface area contributed by atoms with Gasteiger partial charge in [0.25, 0.3) is 0 Å². The summed E-state index contributed by atoms with van der Waals surface area (Å²) in [6.45, 7) is 3.69. The highest BCUT2D eigenvalue weighted by Gasteiger charge is 2.21. The summed E-state index contributed by atoms with van der Waals surface area (Å²) in [5.74, 6) is 0.344. The average Bonchev–Trinajstić information content (AvgIpc) is 2.36. The van der Waals surface area contributed by atoms with E-state index in [1.165, 1.54) is 6.07 Å². The minimum atomic E-state index is -3.88. The van der Waals surface area contributed by atoms with Gasteiger partial charge in [0.1, 0.15) is 10.6 Å². The van der Waals surface area contributed by atoms with E-state index in [1.807, 2.05) is 19.1 Å². The molecule has 6 heteroatoms. The molecular formula is C14H12Br2O3S. The van der Waals surface area contributed by atoms with Crippen LogP contribution in [0, 0.1) is 13.8 Å². The van der Waals surface area contributed by atoms with Gasteiger partial charge in [0.05, 0.1) is 0 Å². The zero-order valence-corrected chi connectivity index (χ0v) is 14.8. The second-order valence-corrected chi connectivity index (χ2v) is 7.67. The van der Waals surface area contributed by atoms with E-state index in [-0.39, 0.29) is 4.90 Å². The second-order valence-electron chi connectivity index (χ2n) is 4.38. The van der Waals surface area contributed by atoms with Crippen LogP contribution in [0.5, 0.6) is 5.75 Å². The molecule has 0 saturated carbocycles. The van der Waals surface area contributed by atoms with Gasteiger partial charge in [-0.15, -0.1) is 0 Å². The average molecular weight is 420 g/mol. The van der Waals surface area contributed by atoms with Gasteiger partial charge in [0.15, 0.2) is 0 Å². The fourth-order valence-electron chi connectivity index (χ4n) is 1.63. The molecule has 0 aliphatic rings. The molecule has 106 valence electrons. The van der Waals surface area contributed by atoms with E-state index in [9.17, 15) is 8.42 Å². The first-order chi connectivity index (χ1) is 9.29. The Morgan fingerprint density at radius 1 is 1.00 bits per heavy atom. The normalized spacial score (nSPS) is 11.4. The Labute approximate surface area is 135 Å². The smallest absolute Gasteiger partial charge is 0.340 e. The molecule has 2 rings (SSSR count). The third kappa shape index (κ3) is 3.42. The van der Waals surface area contributed by atoms with Crippen LogP contribution in [0.15, 0.2) is 50.2 Å². The van der Waals surface area contributed by atoms with Crippen LogP contribution in [-0.2, 0) is 10.1 Å². The summed E-state index contributed by atoms with van der Waals surface area (Å²) in [6, 6.07) is 10.4. The molecule has 0 heterocycles. The van der Waals surface area contributed by atoms with Gasteiger partial charge in [-0.25, -0.2) is 0 Å². The Kier molecular flexibility index (Phi) is 4.56. The van der Waals surface area contributed by atoms with Crippen molar-refractivity contribution in [3.63, 3.8) is 0 Å². The first-order valence-corrected chi connectivity index (χ1v) is 8.76. The molecule has 0 aromatic heterocycles. The Morgan fingerprint density at radius 3 is 2.40 bits per heavy atom. The van der Waals surface area contributed by atoms with Gasteiger partial charge >= 0.3 is 10.1 Å². The van der Waals surface area contributed by atoms with Crippen LogP contribution in [0.1, 0.15) is 11.1 Å². The molecule has 0 spiro atoms. The van der Waals surface area contributed by atoms with E-state index in [2.05, 4.69) is 31.9 Å². The molecule has 0 aliphatic carbocycles. The van der Waals surface area contributed by atoms with Crippen molar-refractivity contribution < 1.29 is 12.6 Å². The minimum absolute atomic E-state index is 0.0905. The van der Waals surface area contributed by atoms with Gasteiger partial charge < -0.3 is 4.18 Å². The Morgan fingerprint density at radius 2 is 1.70 bits per heavy atom. The Balaban J connectivity index is 2.46. The topological polar surface area (TPSA) is 43.4 Å². The summed E-state index contributed by atoms with van der Waals surface area (Å²) in [6.07, 6.45) is 0. The lowest BCUT2D eigenvalue weighted by Gasteiger charge is -2.11. The maximum atomic E-state index is 12.4. The zero-order chi connectivity index (χ0) is 14.9. The molecular weight excluding hydrogens is 408 g/mol. The summed E-state index contributed by atoms with van der Waals surface area (Å²) in [4.78, 5) is 0.0905. The predicted molar refractivity (Wildman–Crippen MR) is 85.6 cm³/mol. The van der Waals surface area contributed by atoms with E-state index >= 15 is 0 Å². The Bertz CT molecular complexity index is 755.